The van der Waals surface area contributed by atoms with E-state index in [1.165, 1.54) is 37.3 Å². The van der Waals surface area contributed by atoms with Crippen LogP contribution in [0.3, 0.4) is 0 Å². The molecule has 6 unspecified atom stereocenters. The Morgan fingerprint density at radius 3 is 2.19 bits per heavy atom. The van der Waals surface area contributed by atoms with Crippen molar-refractivity contribution in [2.24, 2.45) is 29.6 Å². The van der Waals surface area contributed by atoms with Gasteiger partial charge in [0.15, 0.2) is 41.3 Å². The summed E-state index contributed by atoms with van der Waals surface area (Å²) in [6.07, 6.45) is 6.29. The molecule has 332 valence electrons. The number of carbonyl (C=O) groups excluding carboxylic acids is 10. The summed E-state index contributed by atoms with van der Waals surface area (Å²) < 4.78 is 22.7. The molecular formula is C47H50N2O14. The highest BCUT2D eigenvalue weighted by atomic mass is 16.5. The number of allylic oxidation sites excluding steroid dienone is 2. The van der Waals surface area contributed by atoms with Gasteiger partial charge in [-0.05, 0) is 88.1 Å². The summed E-state index contributed by atoms with van der Waals surface area (Å²) in [5.74, 6) is -6.13. The molecule has 4 aliphatic carbocycles. The standard InChI is InChI=1S/C47H50N2O14/c1-26-35(51)17-15-34(43(26)55)49-46(58)32-7-3-9-39(42(32)47(49)59)63-25-40(54)48-18-20-61-22-21-60-19-4-5-27-11-14-30(27)37(53)24-62-38-8-2-6-31-41(38)45(57)33(44(31)56)23-28-10-12-29(50)13-16-36(28)52/h2-3,6-9,13,16,26-28,30,33-34H,4-5,10-12,14-15,17-25H2,1H3,(H,48,54). The van der Waals surface area contributed by atoms with E-state index in [0.29, 0.717) is 19.8 Å². The predicted molar refractivity (Wildman–Crippen MR) is 220 cm³/mol. The maximum atomic E-state index is 13.5. The molecule has 0 spiro atoms. The van der Waals surface area contributed by atoms with E-state index in [0.717, 1.165) is 30.6 Å². The number of amides is 3. The minimum Gasteiger partial charge on any atom is -0.485 e. The van der Waals surface area contributed by atoms with Crippen LogP contribution < -0.4 is 14.8 Å². The van der Waals surface area contributed by atoms with E-state index < -0.39 is 59.7 Å². The number of nitrogens with zero attached hydrogens (tertiary/aromatic N) is 1. The van der Waals surface area contributed by atoms with Crippen LogP contribution in [-0.2, 0) is 38.2 Å². The molecule has 6 atom stereocenters. The van der Waals surface area contributed by atoms with Gasteiger partial charge in [-0.15, -0.1) is 0 Å². The molecule has 1 aliphatic heterocycles. The van der Waals surface area contributed by atoms with Crippen molar-refractivity contribution in [3.63, 3.8) is 0 Å². The Bertz CT molecular complexity index is 2260. The second-order valence-electron chi connectivity index (χ2n) is 16.6. The van der Waals surface area contributed by atoms with Gasteiger partial charge in [0.1, 0.15) is 23.9 Å². The Balaban J connectivity index is 0.747. The number of hydrogen-bond donors (Lipinski definition) is 1. The monoisotopic (exact) mass is 866 g/mol. The zero-order chi connectivity index (χ0) is 44.8. The van der Waals surface area contributed by atoms with Gasteiger partial charge in [-0.2, -0.15) is 0 Å². The van der Waals surface area contributed by atoms with Crippen LogP contribution >= 0.6 is 0 Å². The van der Waals surface area contributed by atoms with Crippen molar-refractivity contribution < 1.29 is 66.9 Å². The van der Waals surface area contributed by atoms with Crippen LogP contribution in [0, 0.1) is 29.6 Å². The van der Waals surface area contributed by atoms with Crippen molar-refractivity contribution >= 4 is 58.2 Å². The predicted octanol–water partition coefficient (Wildman–Crippen LogP) is 3.69. The number of rotatable bonds is 20. The van der Waals surface area contributed by atoms with Gasteiger partial charge in [-0.25, -0.2) is 0 Å². The first-order valence-electron chi connectivity index (χ1n) is 21.6. The molecular weight excluding hydrogens is 817 g/mol. The van der Waals surface area contributed by atoms with Crippen LogP contribution in [0.2, 0.25) is 0 Å². The van der Waals surface area contributed by atoms with E-state index in [1.54, 1.807) is 18.2 Å². The molecule has 2 aromatic rings. The molecule has 0 bridgehead atoms. The highest BCUT2D eigenvalue weighted by Gasteiger charge is 2.48. The minimum atomic E-state index is -1.04. The highest BCUT2D eigenvalue weighted by Crippen LogP contribution is 2.41. The third kappa shape index (κ3) is 9.81. The number of imide groups is 1. The smallest absolute Gasteiger partial charge is 0.266 e. The zero-order valence-electron chi connectivity index (χ0n) is 35.1. The molecule has 16 heteroatoms. The van der Waals surface area contributed by atoms with Crippen molar-refractivity contribution in [2.45, 2.75) is 70.8 Å². The fourth-order valence-electron chi connectivity index (χ4n) is 9.02. The lowest BCUT2D eigenvalue weighted by molar-refractivity contribution is -0.138. The number of ether oxygens (including phenoxy) is 4. The van der Waals surface area contributed by atoms with E-state index in [1.807, 2.05) is 0 Å². The van der Waals surface area contributed by atoms with Gasteiger partial charge in [0.05, 0.1) is 54.4 Å². The zero-order valence-corrected chi connectivity index (χ0v) is 35.1. The summed E-state index contributed by atoms with van der Waals surface area (Å²) in [7, 11) is 0. The lowest BCUT2D eigenvalue weighted by Gasteiger charge is -2.35. The molecule has 0 aromatic heterocycles. The third-order valence-corrected chi connectivity index (χ3v) is 12.8. The van der Waals surface area contributed by atoms with Crippen LogP contribution in [0.25, 0.3) is 0 Å². The Morgan fingerprint density at radius 2 is 1.44 bits per heavy atom. The quantitative estimate of drug-likeness (QED) is 0.114. The van der Waals surface area contributed by atoms with Crippen LogP contribution in [0.1, 0.15) is 106 Å². The van der Waals surface area contributed by atoms with Crippen molar-refractivity contribution in [3.8, 4) is 11.5 Å². The van der Waals surface area contributed by atoms with Gasteiger partial charge in [-0.1, -0.05) is 18.2 Å². The number of carbonyl (C=O) groups is 10. The molecule has 7 rings (SSSR count). The fourth-order valence-corrected chi connectivity index (χ4v) is 9.02. The second kappa shape index (κ2) is 20.0. The van der Waals surface area contributed by atoms with E-state index >= 15 is 0 Å². The number of fused-ring (bicyclic) bond motifs is 2. The highest BCUT2D eigenvalue weighted by molar-refractivity contribution is 6.28. The number of nitrogens with one attached hydrogen (secondary N) is 1. The summed E-state index contributed by atoms with van der Waals surface area (Å²) in [5.41, 5.74) is 0.404. The van der Waals surface area contributed by atoms with E-state index in [4.69, 9.17) is 18.9 Å². The number of ketones is 7. The van der Waals surface area contributed by atoms with Crippen molar-refractivity contribution in [1.82, 2.24) is 10.2 Å². The normalized spacial score (nSPS) is 24.3. The van der Waals surface area contributed by atoms with Gasteiger partial charge in [0, 0.05) is 43.4 Å². The van der Waals surface area contributed by atoms with Crippen LogP contribution in [0.5, 0.6) is 11.5 Å². The Labute approximate surface area is 363 Å². The Morgan fingerprint density at radius 1 is 0.730 bits per heavy atom. The van der Waals surface area contributed by atoms with Crippen molar-refractivity contribution in [3.05, 3.63) is 70.8 Å². The lowest BCUT2D eigenvalue weighted by Crippen LogP contribution is -2.50. The first kappa shape index (κ1) is 45.0. The third-order valence-electron chi connectivity index (χ3n) is 12.8. The molecule has 1 heterocycles. The average molecular weight is 867 g/mol. The molecule has 3 amide bonds. The van der Waals surface area contributed by atoms with Gasteiger partial charge < -0.3 is 24.3 Å². The molecule has 16 nitrogen and oxygen atoms in total. The largest absolute Gasteiger partial charge is 0.485 e. The van der Waals surface area contributed by atoms with Crippen LogP contribution in [0.4, 0.5) is 0 Å². The lowest BCUT2D eigenvalue weighted by atomic mass is 9.69. The molecule has 63 heavy (non-hydrogen) atoms. The summed E-state index contributed by atoms with van der Waals surface area (Å²) in [5, 5.41) is 2.66. The average Bonchev–Trinajstić information content (AvgIpc) is 3.58. The molecule has 2 aromatic carbocycles. The minimum absolute atomic E-state index is 0.0223. The maximum absolute atomic E-state index is 13.5. The van der Waals surface area contributed by atoms with Crippen molar-refractivity contribution in [2.75, 3.05) is 46.2 Å². The molecule has 2 saturated carbocycles. The maximum Gasteiger partial charge on any atom is 0.266 e. The van der Waals surface area contributed by atoms with Crippen LogP contribution in [0.15, 0.2) is 48.6 Å². The topological polar surface area (TPSA) is 223 Å². The van der Waals surface area contributed by atoms with Crippen molar-refractivity contribution in [1.29, 1.82) is 0 Å². The molecule has 2 fully saturated rings. The molecule has 0 saturated heterocycles. The Kier molecular flexibility index (Phi) is 14.3. The van der Waals surface area contributed by atoms with Gasteiger partial charge in [0.25, 0.3) is 17.7 Å². The molecule has 0 radical (unpaired) electrons. The van der Waals surface area contributed by atoms with Crippen LogP contribution in [-0.4, -0.2) is 115 Å². The van der Waals surface area contributed by atoms with Gasteiger partial charge >= 0.3 is 0 Å². The van der Waals surface area contributed by atoms with E-state index in [2.05, 4.69) is 5.32 Å². The summed E-state index contributed by atoms with van der Waals surface area (Å²) in [6, 6.07) is 8.15. The molecule has 1 N–H and O–H groups in total. The summed E-state index contributed by atoms with van der Waals surface area (Å²) in [6.45, 7) is 2.32. The number of hydrogen-bond acceptors (Lipinski definition) is 14. The summed E-state index contributed by atoms with van der Waals surface area (Å²) in [4.78, 5) is 129. The first-order chi connectivity index (χ1) is 30.3. The number of benzene rings is 2. The first-order valence-corrected chi connectivity index (χ1v) is 21.6. The van der Waals surface area contributed by atoms with E-state index in [-0.39, 0.29) is 126 Å². The number of Topliss-reactive ketones (excluding diaryl/α,β-unsaturated/α-hetero) is 5. The van der Waals surface area contributed by atoms with Gasteiger partial charge in [0.2, 0.25) is 0 Å². The molecule has 5 aliphatic rings. The van der Waals surface area contributed by atoms with E-state index in [9.17, 15) is 47.9 Å². The second-order valence-corrected chi connectivity index (χ2v) is 16.6. The fraction of sp³-hybridized carbons (Fsp3) is 0.489. The SMILES string of the molecule is CC1C(=O)CCC(N2C(=O)c3cccc(OCC(=O)NCCOCCOCCCC4CCC4C(=O)COc4cccc5c4C(=O)C(CC4CCC(=O)C=CC4=O)C5=O)c3C2=O)C1=O. The Hall–Kier alpha value is -6.00. The van der Waals surface area contributed by atoms with Gasteiger partial charge in [-0.3, -0.25) is 52.8 Å². The summed E-state index contributed by atoms with van der Waals surface area (Å²) >= 11 is 0.